The van der Waals surface area contributed by atoms with Crippen LogP contribution in [0.5, 0.6) is 0 Å². The van der Waals surface area contributed by atoms with Gasteiger partial charge in [0.1, 0.15) is 0 Å². The number of ketones is 2. The number of carboxylic acids is 1. The lowest BCUT2D eigenvalue weighted by atomic mass is 9.73. The number of Topliss-reactive ketones (excluding diaryl/α,β-unsaturated/α-hetero) is 2. The molecule has 0 aromatic heterocycles. The summed E-state index contributed by atoms with van der Waals surface area (Å²) in [6, 6.07) is 0. The van der Waals surface area contributed by atoms with Gasteiger partial charge in [-0.15, -0.1) is 0 Å². The van der Waals surface area contributed by atoms with Gasteiger partial charge < -0.3 is 5.11 Å². The van der Waals surface area contributed by atoms with Crippen LogP contribution in [0.2, 0.25) is 0 Å². The molecule has 1 N–H and O–H groups in total. The zero-order valence-corrected chi connectivity index (χ0v) is 9.74. The summed E-state index contributed by atoms with van der Waals surface area (Å²) >= 11 is 0. The Morgan fingerprint density at radius 1 is 1.31 bits per heavy atom. The maximum atomic E-state index is 12.0. The van der Waals surface area contributed by atoms with E-state index in [1.807, 2.05) is 13.8 Å². The molecule has 88 valence electrons. The first-order chi connectivity index (χ1) is 7.36. The summed E-state index contributed by atoms with van der Waals surface area (Å²) in [6.45, 7) is 5.38. The highest BCUT2D eigenvalue weighted by Crippen LogP contribution is 2.32. The predicted molar refractivity (Wildman–Crippen MR) is 57.9 cm³/mol. The number of carboxylic acid groups (broad SMARTS) is 1. The Hall–Kier alpha value is -1.45. The van der Waals surface area contributed by atoms with Gasteiger partial charge in [0.05, 0.1) is 5.92 Å². The van der Waals surface area contributed by atoms with E-state index in [9.17, 15) is 14.4 Å². The normalized spacial score (nSPS) is 25.4. The summed E-state index contributed by atoms with van der Waals surface area (Å²) in [5.41, 5.74) is 1.50. The Labute approximate surface area is 94.3 Å². The molecule has 0 amide bonds. The van der Waals surface area contributed by atoms with Gasteiger partial charge in [0.2, 0.25) is 0 Å². The minimum absolute atomic E-state index is 0.181. The summed E-state index contributed by atoms with van der Waals surface area (Å²) < 4.78 is 0. The molecule has 0 heterocycles. The molecule has 1 rings (SSSR count). The average molecular weight is 224 g/mol. The molecular formula is C12H16O4. The third-order valence-corrected chi connectivity index (χ3v) is 3.10. The quantitative estimate of drug-likeness (QED) is 0.439. The van der Waals surface area contributed by atoms with Crippen LogP contribution < -0.4 is 0 Å². The zero-order chi connectivity index (χ0) is 12.5. The first kappa shape index (κ1) is 12.6. The van der Waals surface area contributed by atoms with Crippen molar-refractivity contribution in [3.05, 3.63) is 11.1 Å². The maximum Gasteiger partial charge on any atom is 0.372 e. The first-order valence-corrected chi connectivity index (χ1v) is 5.34. The summed E-state index contributed by atoms with van der Waals surface area (Å²) in [6.07, 6.45) is 1.33. The minimum atomic E-state index is -1.51. The molecule has 1 aliphatic carbocycles. The van der Waals surface area contributed by atoms with E-state index < -0.39 is 17.7 Å². The minimum Gasteiger partial charge on any atom is -0.475 e. The van der Waals surface area contributed by atoms with E-state index in [4.69, 9.17) is 5.11 Å². The van der Waals surface area contributed by atoms with Crippen molar-refractivity contribution >= 4 is 17.5 Å². The third-order valence-electron chi connectivity index (χ3n) is 3.10. The monoisotopic (exact) mass is 224 g/mol. The lowest BCUT2D eigenvalue weighted by Gasteiger charge is -2.27. The summed E-state index contributed by atoms with van der Waals surface area (Å²) in [5, 5.41) is 8.68. The van der Waals surface area contributed by atoms with Crippen molar-refractivity contribution in [2.24, 2.45) is 11.8 Å². The topological polar surface area (TPSA) is 71.4 Å². The smallest absolute Gasteiger partial charge is 0.372 e. The van der Waals surface area contributed by atoms with Crippen LogP contribution in [0.15, 0.2) is 11.1 Å². The Balaban J connectivity index is 3.07. The number of rotatable bonds is 2. The molecule has 0 saturated heterocycles. The van der Waals surface area contributed by atoms with E-state index in [0.29, 0.717) is 18.4 Å². The van der Waals surface area contributed by atoms with Crippen LogP contribution in [0.4, 0.5) is 0 Å². The Morgan fingerprint density at radius 3 is 2.31 bits per heavy atom. The molecule has 4 nitrogen and oxygen atoms in total. The molecule has 4 heteroatoms. The number of aliphatic carboxylic acids is 1. The highest BCUT2D eigenvalue weighted by atomic mass is 16.4. The SMILES string of the molecule is CC(C)=C1CC[C@@H](C)C(C(=O)C(=O)O)C1=O. The van der Waals surface area contributed by atoms with Gasteiger partial charge in [-0.25, -0.2) is 4.79 Å². The van der Waals surface area contributed by atoms with Crippen molar-refractivity contribution in [2.75, 3.05) is 0 Å². The molecule has 2 atom stereocenters. The number of carbonyl (C=O) groups excluding carboxylic acids is 2. The molecular weight excluding hydrogens is 208 g/mol. The molecule has 1 aliphatic rings. The second-order valence-corrected chi connectivity index (χ2v) is 4.51. The second kappa shape index (κ2) is 4.60. The molecule has 0 aliphatic heterocycles. The highest BCUT2D eigenvalue weighted by molar-refractivity contribution is 6.39. The van der Waals surface area contributed by atoms with Crippen molar-refractivity contribution in [1.82, 2.24) is 0 Å². The van der Waals surface area contributed by atoms with Crippen LogP contribution in [0.1, 0.15) is 33.6 Å². The number of carbonyl (C=O) groups is 3. The summed E-state index contributed by atoms with van der Waals surface area (Å²) in [7, 11) is 0. The highest BCUT2D eigenvalue weighted by Gasteiger charge is 2.40. The van der Waals surface area contributed by atoms with E-state index in [1.54, 1.807) is 6.92 Å². The average Bonchev–Trinajstić information content (AvgIpc) is 2.16. The van der Waals surface area contributed by atoms with E-state index in [2.05, 4.69) is 0 Å². The van der Waals surface area contributed by atoms with E-state index in [-0.39, 0.29) is 11.7 Å². The van der Waals surface area contributed by atoms with Crippen LogP contribution in [0, 0.1) is 11.8 Å². The van der Waals surface area contributed by atoms with Crippen molar-refractivity contribution in [3.63, 3.8) is 0 Å². The molecule has 1 fully saturated rings. The third kappa shape index (κ3) is 2.21. The van der Waals surface area contributed by atoms with Gasteiger partial charge in [0.25, 0.3) is 5.78 Å². The van der Waals surface area contributed by atoms with Crippen LogP contribution in [0.25, 0.3) is 0 Å². The van der Waals surface area contributed by atoms with Crippen LogP contribution in [0.3, 0.4) is 0 Å². The van der Waals surface area contributed by atoms with Crippen molar-refractivity contribution in [3.8, 4) is 0 Å². The van der Waals surface area contributed by atoms with Gasteiger partial charge in [-0.2, -0.15) is 0 Å². The van der Waals surface area contributed by atoms with E-state index in [1.165, 1.54) is 0 Å². The van der Waals surface area contributed by atoms with Crippen LogP contribution in [-0.2, 0) is 14.4 Å². The van der Waals surface area contributed by atoms with E-state index >= 15 is 0 Å². The Morgan fingerprint density at radius 2 is 1.88 bits per heavy atom. The molecule has 0 radical (unpaired) electrons. The molecule has 0 spiro atoms. The fourth-order valence-corrected chi connectivity index (χ4v) is 2.11. The van der Waals surface area contributed by atoms with Crippen molar-refractivity contribution < 1.29 is 19.5 Å². The Kier molecular flexibility index (Phi) is 3.62. The molecule has 16 heavy (non-hydrogen) atoms. The second-order valence-electron chi connectivity index (χ2n) is 4.51. The van der Waals surface area contributed by atoms with Gasteiger partial charge in [0, 0.05) is 0 Å². The summed E-state index contributed by atoms with van der Waals surface area (Å²) in [4.78, 5) is 34.1. The lowest BCUT2D eigenvalue weighted by molar-refractivity contribution is -0.154. The number of hydrogen-bond acceptors (Lipinski definition) is 3. The van der Waals surface area contributed by atoms with Crippen molar-refractivity contribution in [1.29, 1.82) is 0 Å². The van der Waals surface area contributed by atoms with Gasteiger partial charge >= 0.3 is 5.97 Å². The van der Waals surface area contributed by atoms with Gasteiger partial charge in [-0.1, -0.05) is 12.5 Å². The van der Waals surface area contributed by atoms with Gasteiger partial charge in [-0.3, -0.25) is 9.59 Å². The van der Waals surface area contributed by atoms with Crippen LogP contribution in [-0.4, -0.2) is 22.6 Å². The molecule has 0 aromatic rings. The fraction of sp³-hybridized carbons (Fsp3) is 0.583. The number of allylic oxidation sites excluding steroid dienone is 2. The standard InChI is InChI=1S/C12H16O4/c1-6(2)8-5-4-7(3)9(10(8)13)11(14)12(15)16/h7,9H,4-5H2,1-3H3,(H,15,16)/t7-,9?/m1/s1. The van der Waals surface area contributed by atoms with Gasteiger partial charge in [-0.05, 0) is 38.2 Å². The van der Waals surface area contributed by atoms with Gasteiger partial charge in [0.15, 0.2) is 5.78 Å². The molecule has 0 bridgehead atoms. The predicted octanol–water partition coefficient (Wildman–Crippen LogP) is 1.59. The molecule has 1 unspecified atom stereocenters. The Bertz CT molecular complexity index is 374. The summed E-state index contributed by atoms with van der Waals surface area (Å²) in [5.74, 6) is -3.96. The fourth-order valence-electron chi connectivity index (χ4n) is 2.11. The van der Waals surface area contributed by atoms with Crippen molar-refractivity contribution in [2.45, 2.75) is 33.6 Å². The zero-order valence-electron chi connectivity index (χ0n) is 9.74. The number of hydrogen-bond donors (Lipinski definition) is 1. The molecule has 1 saturated carbocycles. The van der Waals surface area contributed by atoms with E-state index in [0.717, 1.165) is 5.57 Å². The largest absolute Gasteiger partial charge is 0.475 e. The molecule has 0 aromatic carbocycles. The first-order valence-electron chi connectivity index (χ1n) is 5.34. The lowest BCUT2D eigenvalue weighted by Crippen LogP contribution is -2.38. The maximum absolute atomic E-state index is 12.0. The van der Waals surface area contributed by atoms with Crippen LogP contribution >= 0.6 is 0 Å².